The second-order valence-electron chi connectivity index (χ2n) is 3.53. The maximum Gasteiger partial charge on any atom is 0.321 e. The molecule has 7 heteroatoms. The molecule has 1 heterocycles. The van der Waals surface area contributed by atoms with Gasteiger partial charge in [-0.2, -0.15) is 0 Å². The molecule has 3 amide bonds. The van der Waals surface area contributed by atoms with Crippen molar-refractivity contribution in [2.75, 3.05) is 11.9 Å². The number of rotatable bonds is 2. The van der Waals surface area contributed by atoms with Gasteiger partial charge in [-0.3, -0.25) is 10.1 Å². The summed E-state index contributed by atoms with van der Waals surface area (Å²) in [6.45, 7) is 0.227. The molecule has 0 aromatic heterocycles. The molecular weight excluding hydrogens is 265 g/mol. The largest absolute Gasteiger partial charge is 0.372 e. The molecule has 1 saturated heterocycles. The van der Waals surface area contributed by atoms with Gasteiger partial charge in [-0.1, -0.05) is 23.2 Å². The van der Waals surface area contributed by atoms with Crippen molar-refractivity contribution in [2.24, 2.45) is 0 Å². The Balaban J connectivity index is 2.08. The summed E-state index contributed by atoms with van der Waals surface area (Å²) in [5.74, 6) is -0.375. The summed E-state index contributed by atoms with van der Waals surface area (Å²) < 4.78 is 0. The van der Waals surface area contributed by atoms with E-state index in [2.05, 4.69) is 16.0 Å². The van der Waals surface area contributed by atoms with Crippen LogP contribution in [0.4, 0.5) is 10.5 Å². The number of hydrogen-bond donors (Lipinski definition) is 3. The molecule has 5 nitrogen and oxygen atoms in total. The molecule has 1 aromatic rings. The number of hydrogen-bond acceptors (Lipinski definition) is 3. The van der Waals surface area contributed by atoms with Crippen molar-refractivity contribution in [3.8, 4) is 0 Å². The van der Waals surface area contributed by atoms with Gasteiger partial charge in [0.1, 0.15) is 6.04 Å². The van der Waals surface area contributed by atoms with Gasteiger partial charge < -0.3 is 10.6 Å². The zero-order valence-electron chi connectivity index (χ0n) is 8.59. The summed E-state index contributed by atoms with van der Waals surface area (Å²) in [5.41, 5.74) is 0.663. The highest BCUT2D eigenvalue weighted by atomic mass is 35.5. The van der Waals surface area contributed by atoms with E-state index in [1.54, 1.807) is 18.2 Å². The van der Waals surface area contributed by atoms with Crippen LogP contribution in [0.5, 0.6) is 0 Å². The minimum absolute atomic E-state index is 0.227. The quantitative estimate of drug-likeness (QED) is 0.767. The molecular formula is C10H9Cl2N3O2. The molecule has 1 fully saturated rings. The van der Waals surface area contributed by atoms with Gasteiger partial charge in [0.2, 0.25) is 0 Å². The Bertz CT molecular complexity index is 479. The Morgan fingerprint density at radius 1 is 1.24 bits per heavy atom. The van der Waals surface area contributed by atoms with E-state index in [4.69, 9.17) is 23.2 Å². The Labute approximate surface area is 107 Å². The summed E-state index contributed by atoms with van der Waals surface area (Å²) in [6, 6.07) is 3.95. The van der Waals surface area contributed by atoms with Gasteiger partial charge in [0.25, 0.3) is 5.91 Å². The predicted octanol–water partition coefficient (Wildman–Crippen LogP) is 1.61. The smallest absolute Gasteiger partial charge is 0.321 e. The molecule has 0 bridgehead atoms. The fraction of sp³-hybridized carbons (Fsp3) is 0.200. The van der Waals surface area contributed by atoms with Crippen LogP contribution in [-0.4, -0.2) is 24.5 Å². The first-order valence-electron chi connectivity index (χ1n) is 4.86. The van der Waals surface area contributed by atoms with Gasteiger partial charge in [-0.25, -0.2) is 4.79 Å². The molecule has 1 aromatic carbocycles. The lowest BCUT2D eigenvalue weighted by Gasteiger charge is -2.23. The molecule has 0 saturated carbocycles. The molecule has 1 atom stereocenters. The third kappa shape index (κ3) is 2.81. The molecule has 0 radical (unpaired) electrons. The third-order valence-electron chi connectivity index (χ3n) is 2.28. The zero-order valence-corrected chi connectivity index (χ0v) is 10.1. The van der Waals surface area contributed by atoms with Crippen molar-refractivity contribution < 1.29 is 9.59 Å². The van der Waals surface area contributed by atoms with Crippen molar-refractivity contribution in [3.05, 3.63) is 28.2 Å². The Kier molecular flexibility index (Phi) is 3.40. The summed E-state index contributed by atoms with van der Waals surface area (Å²) in [6.07, 6.45) is 0. The maximum atomic E-state index is 11.5. The molecule has 2 rings (SSSR count). The highest BCUT2D eigenvalue weighted by Gasteiger charge is 2.25. The van der Waals surface area contributed by atoms with Crippen LogP contribution < -0.4 is 16.0 Å². The first-order chi connectivity index (χ1) is 8.06. The lowest BCUT2D eigenvalue weighted by Crippen LogP contribution is -2.57. The monoisotopic (exact) mass is 273 g/mol. The molecule has 90 valence electrons. The minimum Gasteiger partial charge on any atom is -0.372 e. The minimum atomic E-state index is -0.523. The summed E-state index contributed by atoms with van der Waals surface area (Å²) in [4.78, 5) is 22.3. The van der Waals surface area contributed by atoms with Crippen molar-refractivity contribution in [1.29, 1.82) is 0 Å². The number of imide groups is 1. The molecule has 3 N–H and O–H groups in total. The van der Waals surface area contributed by atoms with Crippen LogP contribution in [0.25, 0.3) is 0 Å². The van der Waals surface area contributed by atoms with Gasteiger partial charge in [0, 0.05) is 12.2 Å². The van der Waals surface area contributed by atoms with Crippen LogP contribution in [0, 0.1) is 0 Å². The Morgan fingerprint density at radius 2 is 2.00 bits per heavy atom. The first-order valence-corrected chi connectivity index (χ1v) is 5.62. The SMILES string of the molecule is O=C1NCC(Nc2ccc(Cl)c(Cl)c2)C(=O)N1. The molecule has 1 unspecified atom stereocenters. The number of anilines is 1. The van der Waals surface area contributed by atoms with Crippen LogP contribution >= 0.6 is 23.2 Å². The standard InChI is InChI=1S/C10H9Cl2N3O2/c11-6-2-1-5(3-7(6)12)14-8-4-13-10(17)15-9(8)16/h1-3,8,14H,4H2,(H2,13,15,16,17). The van der Waals surface area contributed by atoms with Crippen LogP contribution in [0.1, 0.15) is 0 Å². The average molecular weight is 274 g/mol. The summed E-state index contributed by atoms with van der Waals surface area (Å²) in [7, 11) is 0. The van der Waals surface area contributed by atoms with Gasteiger partial charge >= 0.3 is 6.03 Å². The average Bonchev–Trinajstić information content (AvgIpc) is 2.27. The van der Waals surface area contributed by atoms with Crippen molar-refractivity contribution in [1.82, 2.24) is 10.6 Å². The molecule has 17 heavy (non-hydrogen) atoms. The van der Waals surface area contributed by atoms with E-state index in [0.29, 0.717) is 15.7 Å². The van der Waals surface area contributed by atoms with E-state index in [1.165, 1.54) is 0 Å². The topological polar surface area (TPSA) is 70.2 Å². The molecule has 1 aliphatic rings. The van der Waals surface area contributed by atoms with E-state index >= 15 is 0 Å². The number of carbonyl (C=O) groups is 2. The Hall–Kier alpha value is -1.46. The van der Waals surface area contributed by atoms with E-state index in [9.17, 15) is 9.59 Å². The lowest BCUT2D eigenvalue weighted by molar-refractivity contribution is -0.121. The normalized spacial score (nSPS) is 19.5. The van der Waals surface area contributed by atoms with Crippen LogP contribution in [0.3, 0.4) is 0 Å². The second kappa shape index (κ2) is 4.81. The van der Waals surface area contributed by atoms with Gasteiger partial charge in [-0.15, -0.1) is 0 Å². The number of urea groups is 1. The highest BCUT2D eigenvalue weighted by molar-refractivity contribution is 6.42. The second-order valence-corrected chi connectivity index (χ2v) is 4.34. The van der Waals surface area contributed by atoms with Crippen molar-refractivity contribution in [3.63, 3.8) is 0 Å². The van der Waals surface area contributed by atoms with Gasteiger partial charge in [-0.05, 0) is 18.2 Å². The fourth-order valence-corrected chi connectivity index (χ4v) is 1.73. The zero-order chi connectivity index (χ0) is 12.4. The lowest BCUT2D eigenvalue weighted by atomic mass is 10.2. The van der Waals surface area contributed by atoms with Crippen molar-refractivity contribution in [2.45, 2.75) is 6.04 Å². The molecule has 0 spiro atoms. The van der Waals surface area contributed by atoms with E-state index in [-0.39, 0.29) is 12.5 Å². The van der Waals surface area contributed by atoms with Gasteiger partial charge in [0.15, 0.2) is 0 Å². The number of amides is 3. The number of nitrogens with one attached hydrogen (secondary N) is 3. The van der Waals surface area contributed by atoms with E-state index in [0.717, 1.165) is 0 Å². The Morgan fingerprint density at radius 3 is 2.65 bits per heavy atom. The first kappa shape index (κ1) is 12.0. The number of carbonyl (C=O) groups excluding carboxylic acids is 2. The fourth-order valence-electron chi connectivity index (χ4n) is 1.43. The van der Waals surface area contributed by atoms with Crippen LogP contribution in [0.2, 0.25) is 10.0 Å². The summed E-state index contributed by atoms with van der Waals surface area (Å²) >= 11 is 11.6. The predicted molar refractivity (Wildman–Crippen MR) is 65.4 cm³/mol. The third-order valence-corrected chi connectivity index (χ3v) is 3.02. The van der Waals surface area contributed by atoms with Gasteiger partial charge in [0.05, 0.1) is 10.0 Å². The van der Waals surface area contributed by atoms with Crippen molar-refractivity contribution >= 4 is 40.8 Å². The number of halogens is 2. The van der Waals surface area contributed by atoms with Crippen LogP contribution in [-0.2, 0) is 4.79 Å². The molecule has 1 aliphatic heterocycles. The van der Waals surface area contributed by atoms with E-state index < -0.39 is 12.1 Å². The highest BCUT2D eigenvalue weighted by Crippen LogP contribution is 2.25. The van der Waals surface area contributed by atoms with E-state index in [1.807, 2.05) is 0 Å². The van der Waals surface area contributed by atoms with Crippen LogP contribution in [0.15, 0.2) is 18.2 Å². The number of benzene rings is 1. The molecule has 0 aliphatic carbocycles. The maximum absolute atomic E-state index is 11.5. The summed E-state index contributed by atoms with van der Waals surface area (Å²) in [5, 5.41) is 8.47.